The van der Waals surface area contributed by atoms with Gasteiger partial charge in [0.15, 0.2) is 0 Å². The maximum atomic E-state index is 11.4. The molecule has 1 aliphatic rings. The minimum absolute atomic E-state index is 0.0461. The third-order valence-electron chi connectivity index (χ3n) is 2.80. The molecule has 0 saturated heterocycles. The fourth-order valence-electron chi connectivity index (χ4n) is 1.99. The third-order valence-corrected chi connectivity index (χ3v) is 3.72. The van der Waals surface area contributed by atoms with E-state index in [1.54, 1.807) is 0 Å². The number of hydrogen-bond donors (Lipinski definition) is 3. The van der Waals surface area contributed by atoms with Crippen molar-refractivity contribution in [3.63, 3.8) is 0 Å². The molecule has 1 saturated carbocycles. The molecule has 0 aromatic heterocycles. The number of amides is 1. The highest BCUT2D eigenvalue weighted by Gasteiger charge is 2.20. The average molecular weight is 261 g/mol. The highest BCUT2D eigenvalue weighted by Crippen LogP contribution is 2.23. The zero-order chi connectivity index (χ0) is 12.7. The summed E-state index contributed by atoms with van der Waals surface area (Å²) < 4.78 is 0. The number of carboxylic acids is 1. The van der Waals surface area contributed by atoms with Gasteiger partial charge in [-0.15, -0.1) is 11.8 Å². The highest BCUT2D eigenvalue weighted by atomic mass is 32.2. The van der Waals surface area contributed by atoms with E-state index >= 15 is 0 Å². The minimum atomic E-state index is -0.904. The van der Waals surface area contributed by atoms with Gasteiger partial charge in [0.05, 0.1) is 17.6 Å². The van der Waals surface area contributed by atoms with Gasteiger partial charge in [-0.25, -0.2) is 0 Å². The molecule has 3 N–H and O–H groups in total. The van der Waals surface area contributed by atoms with Crippen molar-refractivity contribution in [1.29, 1.82) is 0 Å². The summed E-state index contributed by atoms with van der Waals surface area (Å²) >= 11 is 1.10. The molecule has 1 fully saturated rings. The van der Waals surface area contributed by atoms with Crippen LogP contribution in [0, 0.1) is 5.92 Å². The number of carbonyl (C=O) groups is 2. The lowest BCUT2D eigenvalue weighted by molar-refractivity contribution is -0.133. The summed E-state index contributed by atoms with van der Waals surface area (Å²) in [5.41, 5.74) is 0. The first-order valence-electron chi connectivity index (χ1n) is 5.82. The Balaban J connectivity index is 2.08. The molecule has 1 rings (SSSR count). The number of hydrogen-bond acceptors (Lipinski definition) is 4. The van der Waals surface area contributed by atoms with Gasteiger partial charge in [-0.05, 0) is 25.2 Å². The molecule has 1 amide bonds. The van der Waals surface area contributed by atoms with Crippen LogP contribution in [0.15, 0.2) is 0 Å². The number of aliphatic carboxylic acids is 1. The van der Waals surface area contributed by atoms with Crippen molar-refractivity contribution < 1.29 is 19.8 Å². The summed E-state index contributed by atoms with van der Waals surface area (Å²) in [6, 6.07) is 0. The zero-order valence-electron chi connectivity index (χ0n) is 9.72. The Bertz CT molecular complexity index is 272. The molecule has 2 atom stereocenters. The Morgan fingerprint density at radius 1 is 1.29 bits per heavy atom. The molecule has 98 valence electrons. The van der Waals surface area contributed by atoms with Crippen molar-refractivity contribution in [3.05, 3.63) is 0 Å². The summed E-state index contributed by atoms with van der Waals surface area (Å²) in [5.74, 6) is -0.543. The minimum Gasteiger partial charge on any atom is -0.481 e. The first kappa shape index (κ1) is 14.3. The number of thioether (sulfide) groups is 1. The van der Waals surface area contributed by atoms with Gasteiger partial charge in [0, 0.05) is 6.54 Å². The van der Waals surface area contributed by atoms with Gasteiger partial charge < -0.3 is 15.5 Å². The van der Waals surface area contributed by atoms with Crippen LogP contribution in [0.1, 0.15) is 25.7 Å². The molecule has 5 nitrogen and oxygen atoms in total. The van der Waals surface area contributed by atoms with E-state index in [1.807, 2.05) is 0 Å². The Labute approximate surface area is 105 Å². The number of rotatable bonds is 6. The van der Waals surface area contributed by atoms with Gasteiger partial charge in [-0.1, -0.05) is 6.42 Å². The lowest BCUT2D eigenvalue weighted by Crippen LogP contribution is -2.34. The molecule has 0 spiro atoms. The summed E-state index contributed by atoms with van der Waals surface area (Å²) in [4.78, 5) is 21.6. The quantitative estimate of drug-likeness (QED) is 0.647. The van der Waals surface area contributed by atoms with Crippen LogP contribution in [0.4, 0.5) is 0 Å². The van der Waals surface area contributed by atoms with Gasteiger partial charge >= 0.3 is 5.97 Å². The Morgan fingerprint density at radius 2 is 2.06 bits per heavy atom. The maximum Gasteiger partial charge on any atom is 0.313 e. The molecule has 0 aromatic carbocycles. The molecule has 0 bridgehead atoms. The standard InChI is InChI=1S/C11H19NO4S/c13-9-3-1-2-8(4-9)5-12-10(14)6-17-7-11(15)16/h8-9,13H,1-7H2,(H,12,14)(H,15,16). The first-order valence-corrected chi connectivity index (χ1v) is 6.97. The monoisotopic (exact) mass is 261 g/mol. The first-order chi connectivity index (χ1) is 8.08. The summed E-state index contributed by atoms with van der Waals surface area (Å²) in [5, 5.41) is 20.7. The molecule has 0 aliphatic heterocycles. The maximum absolute atomic E-state index is 11.4. The molecule has 0 radical (unpaired) electrons. The van der Waals surface area contributed by atoms with Crippen LogP contribution < -0.4 is 5.32 Å². The molecule has 0 aromatic rings. The van der Waals surface area contributed by atoms with Crippen molar-refractivity contribution in [1.82, 2.24) is 5.32 Å². The topological polar surface area (TPSA) is 86.6 Å². The van der Waals surface area contributed by atoms with Gasteiger partial charge in [-0.3, -0.25) is 9.59 Å². The van der Waals surface area contributed by atoms with E-state index in [0.717, 1.165) is 37.4 Å². The molecule has 2 unspecified atom stereocenters. The summed E-state index contributed by atoms with van der Waals surface area (Å²) in [7, 11) is 0. The van der Waals surface area contributed by atoms with E-state index in [-0.39, 0.29) is 23.5 Å². The zero-order valence-corrected chi connectivity index (χ0v) is 10.5. The van der Waals surface area contributed by atoms with Crippen LogP contribution in [0.5, 0.6) is 0 Å². The van der Waals surface area contributed by atoms with E-state index in [4.69, 9.17) is 5.11 Å². The number of aliphatic hydroxyl groups excluding tert-OH is 1. The van der Waals surface area contributed by atoms with Crippen LogP contribution in [0.2, 0.25) is 0 Å². The van der Waals surface area contributed by atoms with Crippen LogP contribution >= 0.6 is 11.8 Å². The van der Waals surface area contributed by atoms with Crippen LogP contribution in [0.3, 0.4) is 0 Å². The van der Waals surface area contributed by atoms with E-state index in [2.05, 4.69) is 5.32 Å². The molecule has 0 heterocycles. The summed E-state index contributed by atoms with van der Waals surface area (Å²) in [6.07, 6.45) is 3.43. The smallest absolute Gasteiger partial charge is 0.313 e. The number of carboxylic acid groups (broad SMARTS) is 1. The normalized spacial score (nSPS) is 24.3. The van der Waals surface area contributed by atoms with Crippen molar-refractivity contribution in [3.8, 4) is 0 Å². The third kappa shape index (κ3) is 6.53. The van der Waals surface area contributed by atoms with Crippen molar-refractivity contribution in [2.45, 2.75) is 31.8 Å². The number of nitrogens with one attached hydrogen (secondary N) is 1. The molecule has 1 aliphatic carbocycles. The van der Waals surface area contributed by atoms with Crippen molar-refractivity contribution >= 4 is 23.6 Å². The molecule has 17 heavy (non-hydrogen) atoms. The van der Waals surface area contributed by atoms with Crippen molar-refractivity contribution in [2.75, 3.05) is 18.1 Å². The van der Waals surface area contributed by atoms with E-state index in [1.165, 1.54) is 0 Å². The second kappa shape index (κ2) is 7.55. The predicted octanol–water partition coefficient (Wildman–Crippen LogP) is 0.471. The lowest BCUT2D eigenvalue weighted by atomic mass is 9.87. The Kier molecular flexibility index (Phi) is 6.36. The SMILES string of the molecule is O=C(O)CSCC(=O)NCC1CCCC(O)C1. The van der Waals surface area contributed by atoms with E-state index in [9.17, 15) is 14.7 Å². The van der Waals surface area contributed by atoms with Gasteiger partial charge in [0.1, 0.15) is 0 Å². The fraction of sp³-hybridized carbons (Fsp3) is 0.818. The fourth-order valence-corrected chi connectivity index (χ4v) is 2.55. The predicted molar refractivity (Wildman–Crippen MR) is 65.9 cm³/mol. The van der Waals surface area contributed by atoms with E-state index < -0.39 is 5.97 Å². The Morgan fingerprint density at radius 3 is 2.71 bits per heavy atom. The van der Waals surface area contributed by atoms with Crippen LogP contribution in [-0.2, 0) is 9.59 Å². The van der Waals surface area contributed by atoms with Crippen LogP contribution in [0.25, 0.3) is 0 Å². The molecule has 6 heteroatoms. The number of carbonyl (C=O) groups excluding carboxylic acids is 1. The molecular formula is C11H19NO4S. The van der Waals surface area contributed by atoms with Crippen molar-refractivity contribution in [2.24, 2.45) is 5.92 Å². The number of aliphatic hydroxyl groups is 1. The lowest BCUT2D eigenvalue weighted by Gasteiger charge is -2.25. The highest BCUT2D eigenvalue weighted by molar-refractivity contribution is 8.00. The largest absolute Gasteiger partial charge is 0.481 e. The Hall–Kier alpha value is -0.750. The second-order valence-corrected chi connectivity index (χ2v) is 5.36. The second-order valence-electron chi connectivity index (χ2n) is 4.38. The molecular weight excluding hydrogens is 242 g/mol. The van der Waals surface area contributed by atoms with Gasteiger partial charge in [0.25, 0.3) is 0 Å². The summed E-state index contributed by atoms with van der Waals surface area (Å²) in [6.45, 7) is 0.587. The van der Waals surface area contributed by atoms with Gasteiger partial charge in [0.2, 0.25) is 5.91 Å². The van der Waals surface area contributed by atoms with Crippen LogP contribution in [-0.4, -0.2) is 46.2 Å². The van der Waals surface area contributed by atoms with Gasteiger partial charge in [-0.2, -0.15) is 0 Å². The average Bonchev–Trinajstić information content (AvgIpc) is 2.26. The van der Waals surface area contributed by atoms with E-state index in [0.29, 0.717) is 12.5 Å².